The fraction of sp³-hybridized carbons (Fsp3) is 0.556. The molecule has 62 valence electrons. The summed E-state index contributed by atoms with van der Waals surface area (Å²) in [4.78, 5) is 8.02. The van der Waals surface area contributed by atoms with E-state index in [1.807, 2.05) is 13.0 Å². The first kappa shape index (κ1) is 10.1. The number of aliphatic imine (C=N–C) groups is 2. The zero-order valence-electron chi connectivity index (χ0n) is 7.70. The molecular weight excluding hydrogens is 136 g/mol. The molecule has 0 saturated carbocycles. The molecule has 0 aliphatic carbocycles. The monoisotopic (exact) mass is 152 g/mol. The largest absolute Gasteiger partial charge is 0.295 e. The van der Waals surface area contributed by atoms with Crippen LogP contribution in [-0.4, -0.2) is 19.5 Å². The zero-order chi connectivity index (χ0) is 8.69. The quantitative estimate of drug-likeness (QED) is 0.554. The normalized spacial score (nSPS) is 14.1. The van der Waals surface area contributed by atoms with E-state index in [1.165, 1.54) is 0 Å². The van der Waals surface area contributed by atoms with Crippen LogP contribution in [0.15, 0.2) is 21.8 Å². The highest BCUT2D eigenvalue weighted by atomic mass is 14.8. The summed E-state index contributed by atoms with van der Waals surface area (Å²) in [7, 11) is 1.73. The maximum Gasteiger partial charge on any atom is 0.0449 e. The average molecular weight is 152 g/mol. The Hall–Kier alpha value is -0.920. The smallest absolute Gasteiger partial charge is 0.0449 e. The number of hydrogen-bond acceptors (Lipinski definition) is 2. The summed E-state index contributed by atoms with van der Waals surface area (Å²) in [6, 6.07) is 0. The average Bonchev–Trinajstić information content (AvgIpc) is 1.97. The first-order valence-electron chi connectivity index (χ1n) is 3.83. The summed E-state index contributed by atoms with van der Waals surface area (Å²) in [5.41, 5.74) is 1.10. The van der Waals surface area contributed by atoms with E-state index in [4.69, 9.17) is 0 Å². The Morgan fingerprint density at radius 2 is 1.91 bits per heavy atom. The first-order valence-corrected chi connectivity index (χ1v) is 3.83. The van der Waals surface area contributed by atoms with Gasteiger partial charge in [0.15, 0.2) is 0 Å². The van der Waals surface area contributed by atoms with Crippen molar-refractivity contribution in [2.45, 2.75) is 20.8 Å². The predicted octanol–water partition coefficient (Wildman–Crippen LogP) is 2.32. The standard InChI is InChI=1S/C9H16N2/c1-5-9(8(2)3)11-7-6-10-4/h5-8H,1-4H3/b9-5+,10-6?,11-7?. The minimum absolute atomic E-state index is 0.488. The van der Waals surface area contributed by atoms with Gasteiger partial charge in [0.25, 0.3) is 0 Å². The number of hydrogen-bond donors (Lipinski definition) is 0. The third-order valence-electron chi connectivity index (χ3n) is 1.33. The van der Waals surface area contributed by atoms with Crippen molar-refractivity contribution in [2.75, 3.05) is 7.05 Å². The lowest BCUT2D eigenvalue weighted by atomic mass is 10.1. The highest BCUT2D eigenvalue weighted by Gasteiger charge is 1.96. The lowest BCUT2D eigenvalue weighted by Gasteiger charge is -2.02. The molecule has 0 aromatic carbocycles. The van der Waals surface area contributed by atoms with Crippen LogP contribution in [0.25, 0.3) is 0 Å². The second-order valence-electron chi connectivity index (χ2n) is 2.55. The minimum atomic E-state index is 0.488. The molecule has 0 spiro atoms. The van der Waals surface area contributed by atoms with E-state index in [-0.39, 0.29) is 0 Å². The molecule has 0 atom stereocenters. The van der Waals surface area contributed by atoms with Crippen molar-refractivity contribution in [2.24, 2.45) is 15.9 Å². The number of nitrogens with zero attached hydrogens (tertiary/aromatic N) is 2. The van der Waals surface area contributed by atoms with Gasteiger partial charge in [0.1, 0.15) is 0 Å². The van der Waals surface area contributed by atoms with Gasteiger partial charge in [-0.05, 0) is 12.8 Å². The second kappa shape index (κ2) is 5.83. The Kier molecular flexibility index (Phi) is 5.35. The Morgan fingerprint density at radius 3 is 2.27 bits per heavy atom. The summed E-state index contributed by atoms with van der Waals surface area (Å²) < 4.78 is 0. The van der Waals surface area contributed by atoms with Crippen LogP contribution in [-0.2, 0) is 0 Å². The lowest BCUT2D eigenvalue weighted by molar-refractivity contribution is 0.757. The van der Waals surface area contributed by atoms with Gasteiger partial charge in [-0.25, -0.2) is 0 Å². The molecule has 0 radical (unpaired) electrons. The molecule has 0 aromatic heterocycles. The van der Waals surface area contributed by atoms with E-state index < -0.39 is 0 Å². The molecule has 2 heteroatoms. The molecule has 0 bridgehead atoms. The zero-order valence-corrected chi connectivity index (χ0v) is 7.70. The molecule has 0 aromatic rings. The highest BCUT2D eigenvalue weighted by Crippen LogP contribution is 2.08. The summed E-state index contributed by atoms with van der Waals surface area (Å²) in [6.07, 6.45) is 5.42. The van der Waals surface area contributed by atoms with E-state index in [2.05, 4.69) is 23.8 Å². The van der Waals surface area contributed by atoms with Crippen LogP contribution in [0.2, 0.25) is 0 Å². The van der Waals surface area contributed by atoms with Gasteiger partial charge in [0.2, 0.25) is 0 Å². The predicted molar refractivity (Wildman–Crippen MR) is 51.5 cm³/mol. The van der Waals surface area contributed by atoms with Crippen molar-refractivity contribution in [1.82, 2.24) is 0 Å². The molecule has 11 heavy (non-hydrogen) atoms. The Balaban J connectivity index is 4.10. The number of allylic oxidation sites excluding steroid dienone is 2. The summed E-state index contributed by atoms with van der Waals surface area (Å²) in [6.45, 7) is 6.24. The second-order valence-corrected chi connectivity index (χ2v) is 2.55. The van der Waals surface area contributed by atoms with Crippen molar-refractivity contribution in [3.63, 3.8) is 0 Å². The van der Waals surface area contributed by atoms with Gasteiger partial charge < -0.3 is 0 Å². The van der Waals surface area contributed by atoms with Gasteiger partial charge in [-0.1, -0.05) is 19.9 Å². The van der Waals surface area contributed by atoms with Crippen molar-refractivity contribution < 1.29 is 0 Å². The topological polar surface area (TPSA) is 24.7 Å². The maximum atomic E-state index is 4.22. The molecule has 0 aliphatic heterocycles. The van der Waals surface area contributed by atoms with Crippen molar-refractivity contribution in [3.05, 3.63) is 11.8 Å². The van der Waals surface area contributed by atoms with E-state index in [0.717, 1.165) is 5.70 Å². The van der Waals surface area contributed by atoms with Crippen molar-refractivity contribution in [1.29, 1.82) is 0 Å². The summed E-state index contributed by atoms with van der Waals surface area (Å²) in [5, 5.41) is 0. The third kappa shape index (κ3) is 4.48. The highest BCUT2D eigenvalue weighted by molar-refractivity contribution is 6.16. The van der Waals surface area contributed by atoms with Gasteiger partial charge in [-0.2, -0.15) is 0 Å². The molecule has 0 unspecified atom stereocenters. The van der Waals surface area contributed by atoms with Crippen LogP contribution in [0.3, 0.4) is 0 Å². The minimum Gasteiger partial charge on any atom is -0.295 e. The Morgan fingerprint density at radius 1 is 1.27 bits per heavy atom. The van der Waals surface area contributed by atoms with E-state index in [1.54, 1.807) is 19.5 Å². The molecule has 0 rings (SSSR count). The van der Waals surface area contributed by atoms with Gasteiger partial charge in [-0.15, -0.1) is 0 Å². The van der Waals surface area contributed by atoms with Gasteiger partial charge in [0.05, 0.1) is 0 Å². The lowest BCUT2D eigenvalue weighted by Crippen LogP contribution is -1.90. The number of rotatable bonds is 3. The van der Waals surface area contributed by atoms with Crippen molar-refractivity contribution >= 4 is 12.4 Å². The molecule has 0 aliphatic rings. The van der Waals surface area contributed by atoms with E-state index in [9.17, 15) is 0 Å². The Labute approximate surface area is 68.8 Å². The van der Waals surface area contributed by atoms with Crippen LogP contribution in [0.5, 0.6) is 0 Å². The molecule has 0 saturated heterocycles. The van der Waals surface area contributed by atoms with Crippen LogP contribution >= 0.6 is 0 Å². The van der Waals surface area contributed by atoms with Crippen molar-refractivity contribution in [3.8, 4) is 0 Å². The molecular formula is C9H16N2. The SMILES string of the molecule is C/C=C(/N=CC=NC)C(C)C. The van der Waals surface area contributed by atoms with Crippen LogP contribution in [0.4, 0.5) is 0 Å². The fourth-order valence-corrected chi connectivity index (χ4v) is 0.743. The molecule has 0 fully saturated rings. The summed E-state index contributed by atoms with van der Waals surface area (Å²) >= 11 is 0. The van der Waals surface area contributed by atoms with E-state index in [0.29, 0.717) is 5.92 Å². The van der Waals surface area contributed by atoms with Gasteiger partial charge in [0, 0.05) is 25.2 Å². The fourth-order valence-electron chi connectivity index (χ4n) is 0.743. The molecule has 0 N–H and O–H groups in total. The van der Waals surface area contributed by atoms with E-state index >= 15 is 0 Å². The molecule has 0 heterocycles. The third-order valence-corrected chi connectivity index (χ3v) is 1.33. The van der Waals surface area contributed by atoms with Crippen LogP contribution in [0.1, 0.15) is 20.8 Å². The van der Waals surface area contributed by atoms with Gasteiger partial charge >= 0.3 is 0 Å². The molecule has 0 amide bonds. The summed E-state index contributed by atoms with van der Waals surface area (Å²) in [5.74, 6) is 0.488. The van der Waals surface area contributed by atoms with Crippen LogP contribution in [0, 0.1) is 5.92 Å². The Bertz CT molecular complexity index is 176. The molecule has 2 nitrogen and oxygen atoms in total. The van der Waals surface area contributed by atoms with Gasteiger partial charge in [-0.3, -0.25) is 9.98 Å². The maximum absolute atomic E-state index is 4.22. The van der Waals surface area contributed by atoms with Crippen LogP contribution < -0.4 is 0 Å². The first-order chi connectivity index (χ1) is 5.22.